The molecule has 14 heavy (non-hydrogen) atoms. The SMILES string of the molecule is CN1CCCC1C(CN)N1CCCC1. The van der Waals surface area contributed by atoms with Gasteiger partial charge in [-0.15, -0.1) is 0 Å². The molecule has 2 fully saturated rings. The van der Waals surface area contributed by atoms with Gasteiger partial charge in [0.15, 0.2) is 0 Å². The lowest BCUT2D eigenvalue weighted by Gasteiger charge is -2.35. The van der Waals surface area contributed by atoms with Gasteiger partial charge in [-0.25, -0.2) is 0 Å². The number of likely N-dealkylation sites (tertiary alicyclic amines) is 2. The van der Waals surface area contributed by atoms with Crippen molar-refractivity contribution in [2.24, 2.45) is 5.73 Å². The van der Waals surface area contributed by atoms with Crippen LogP contribution in [-0.4, -0.2) is 55.1 Å². The molecule has 3 heteroatoms. The number of rotatable bonds is 3. The molecule has 0 radical (unpaired) electrons. The number of hydrogen-bond acceptors (Lipinski definition) is 3. The van der Waals surface area contributed by atoms with Crippen LogP contribution in [0.5, 0.6) is 0 Å². The quantitative estimate of drug-likeness (QED) is 0.715. The Hall–Kier alpha value is -0.120. The molecule has 2 atom stereocenters. The molecule has 2 aliphatic heterocycles. The molecule has 0 bridgehead atoms. The van der Waals surface area contributed by atoms with E-state index >= 15 is 0 Å². The van der Waals surface area contributed by atoms with Gasteiger partial charge < -0.3 is 10.6 Å². The first kappa shape index (κ1) is 10.4. The fraction of sp³-hybridized carbons (Fsp3) is 1.00. The molecule has 0 saturated carbocycles. The van der Waals surface area contributed by atoms with Crippen LogP contribution in [0.3, 0.4) is 0 Å². The van der Waals surface area contributed by atoms with Crippen molar-refractivity contribution in [1.29, 1.82) is 0 Å². The molecule has 3 nitrogen and oxygen atoms in total. The third-order valence-corrected chi connectivity index (χ3v) is 3.87. The fourth-order valence-electron chi connectivity index (χ4n) is 3.04. The fourth-order valence-corrected chi connectivity index (χ4v) is 3.04. The third-order valence-electron chi connectivity index (χ3n) is 3.87. The van der Waals surface area contributed by atoms with Crippen molar-refractivity contribution >= 4 is 0 Å². The Morgan fingerprint density at radius 1 is 1.21 bits per heavy atom. The number of nitrogens with two attached hydrogens (primary N) is 1. The molecule has 2 heterocycles. The molecule has 0 spiro atoms. The van der Waals surface area contributed by atoms with Gasteiger partial charge in [-0.1, -0.05) is 0 Å². The zero-order valence-corrected chi connectivity index (χ0v) is 9.28. The molecule has 2 aliphatic rings. The second kappa shape index (κ2) is 4.60. The second-order valence-electron chi connectivity index (χ2n) is 4.74. The van der Waals surface area contributed by atoms with E-state index in [4.69, 9.17) is 5.73 Å². The maximum atomic E-state index is 5.93. The van der Waals surface area contributed by atoms with E-state index in [1.165, 1.54) is 45.3 Å². The van der Waals surface area contributed by atoms with Gasteiger partial charge in [-0.2, -0.15) is 0 Å². The highest BCUT2D eigenvalue weighted by Gasteiger charge is 2.33. The van der Waals surface area contributed by atoms with Crippen LogP contribution in [0.4, 0.5) is 0 Å². The first-order valence-electron chi connectivity index (χ1n) is 5.97. The summed E-state index contributed by atoms with van der Waals surface area (Å²) in [6, 6.07) is 1.34. The molecule has 0 amide bonds. The van der Waals surface area contributed by atoms with E-state index in [2.05, 4.69) is 16.8 Å². The van der Waals surface area contributed by atoms with Gasteiger partial charge in [0.1, 0.15) is 0 Å². The van der Waals surface area contributed by atoms with E-state index < -0.39 is 0 Å². The summed E-state index contributed by atoms with van der Waals surface area (Å²) in [5, 5.41) is 0. The first-order valence-corrected chi connectivity index (χ1v) is 5.97. The van der Waals surface area contributed by atoms with Crippen molar-refractivity contribution in [3.05, 3.63) is 0 Å². The molecule has 82 valence electrons. The van der Waals surface area contributed by atoms with Crippen LogP contribution >= 0.6 is 0 Å². The summed E-state index contributed by atoms with van der Waals surface area (Å²) in [4.78, 5) is 5.10. The van der Waals surface area contributed by atoms with Gasteiger partial charge in [0.05, 0.1) is 0 Å². The van der Waals surface area contributed by atoms with Crippen molar-refractivity contribution in [3.63, 3.8) is 0 Å². The lowest BCUT2D eigenvalue weighted by Crippen LogP contribution is -2.51. The van der Waals surface area contributed by atoms with Crippen molar-refractivity contribution in [2.75, 3.05) is 33.2 Å². The minimum Gasteiger partial charge on any atom is -0.329 e. The predicted molar refractivity (Wildman–Crippen MR) is 59.3 cm³/mol. The smallest absolute Gasteiger partial charge is 0.0373 e. The summed E-state index contributed by atoms with van der Waals surface area (Å²) in [6.45, 7) is 4.63. The Bertz CT molecular complexity index is 177. The molecule has 2 N–H and O–H groups in total. The van der Waals surface area contributed by atoms with Crippen molar-refractivity contribution in [1.82, 2.24) is 9.80 Å². The summed E-state index contributed by atoms with van der Waals surface area (Å²) < 4.78 is 0. The molecule has 0 aromatic rings. The topological polar surface area (TPSA) is 32.5 Å². The van der Waals surface area contributed by atoms with Crippen molar-refractivity contribution in [2.45, 2.75) is 37.8 Å². The van der Waals surface area contributed by atoms with Gasteiger partial charge in [0.25, 0.3) is 0 Å². The first-order chi connectivity index (χ1) is 6.83. The highest BCUT2D eigenvalue weighted by molar-refractivity contribution is 4.91. The number of nitrogens with zero attached hydrogens (tertiary/aromatic N) is 2. The maximum Gasteiger partial charge on any atom is 0.0373 e. The van der Waals surface area contributed by atoms with Crippen LogP contribution < -0.4 is 5.73 Å². The summed E-state index contributed by atoms with van der Waals surface area (Å²) in [6.07, 6.45) is 5.43. The Labute approximate surface area is 87.2 Å². The summed E-state index contributed by atoms with van der Waals surface area (Å²) >= 11 is 0. The molecule has 0 aromatic carbocycles. The second-order valence-corrected chi connectivity index (χ2v) is 4.74. The zero-order valence-electron chi connectivity index (χ0n) is 9.28. The van der Waals surface area contributed by atoms with Gasteiger partial charge in [0.2, 0.25) is 0 Å². The van der Waals surface area contributed by atoms with Crippen LogP contribution in [0, 0.1) is 0 Å². The van der Waals surface area contributed by atoms with Crippen LogP contribution in [0.15, 0.2) is 0 Å². The van der Waals surface area contributed by atoms with Crippen molar-refractivity contribution < 1.29 is 0 Å². The third kappa shape index (κ3) is 1.95. The zero-order chi connectivity index (χ0) is 9.97. The Morgan fingerprint density at radius 2 is 1.93 bits per heavy atom. The minimum atomic E-state index is 0.616. The monoisotopic (exact) mass is 197 g/mol. The normalized spacial score (nSPS) is 32.6. The molecule has 2 rings (SSSR count). The Balaban J connectivity index is 1.96. The average molecular weight is 197 g/mol. The molecule has 0 aromatic heterocycles. The van der Waals surface area contributed by atoms with Gasteiger partial charge in [0, 0.05) is 18.6 Å². The lowest BCUT2D eigenvalue weighted by molar-refractivity contribution is 0.144. The van der Waals surface area contributed by atoms with E-state index in [9.17, 15) is 0 Å². The predicted octanol–water partition coefficient (Wildman–Crippen LogP) is 0.504. The summed E-state index contributed by atoms with van der Waals surface area (Å²) in [5.41, 5.74) is 5.93. The molecule has 2 unspecified atom stereocenters. The number of likely N-dealkylation sites (N-methyl/N-ethyl adjacent to an activating group) is 1. The van der Waals surface area contributed by atoms with Crippen molar-refractivity contribution in [3.8, 4) is 0 Å². The maximum absolute atomic E-state index is 5.93. The van der Waals surface area contributed by atoms with E-state index in [0.717, 1.165) is 12.6 Å². The standard InChI is InChI=1S/C11H23N3/c1-13-6-4-5-10(13)11(9-12)14-7-2-3-8-14/h10-11H,2-9,12H2,1H3. The highest BCUT2D eigenvalue weighted by Crippen LogP contribution is 2.23. The van der Waals surface area contributed by atoms with E-state index in [0.29, 0.717) is 6.04 Å². The van der Waals surface area contributed by atoms with Crippen LogP contribution in [0.2, 0.25) is 0 Å². The van der Waals surface area contributed by atoms with Crippen LogP contribution in [0.1, 0.15) is 25.7 Å². The molecular formula is C11H23N3. The highest BCUT2D eigenvalue weighted by atomic mass is 15.3. The molecule has 0 aliphatic carbocycles. The van der Waals surface area contributed by atoms with Gasteiger partial charge in [-0.05, 0) is 52.4 Å². The summed E-state index contributed by atoms with van der Waals surface area (Å²) in [5.74, 6) is 0. The minimum absolute atomic E-state index is 0.616. The van der Waals surface area contributed by atoms with Crippen LogP contribution in [0.25, 0.3) is 0 Å². The average Bonchev–Trinajstić information content (AvgIpc) is 2.80. The van der Waals surface area contributed by atoms with E-state index in [1.54, 1.807) is 0 Å². The molecule has 2 saturated heterocycles. The number of hydrogen-bond donors (Lipinski definition) is 1. The Morgan fingerprint density at radius 3 is 2.43 bits per heavy atom. The largest absolute Gasteiger partial charge is 0.329 e. The van der Waals surface area contributed by atoms with E-state index in [1.807, 2.05) is 0 Å². The summed E-state index contributed by atoms with van der Waals surface area (Å²) in [7, 11) is 2.25. The van der Waals surface area contributed by atoms with Gasteiger partial charge >= 0.3 is 0 Å². The van der Waals surface area contributed by atoms with Gasteiger partial charge in [-0.3, -0.25) is 4.90 Å². The molecular weight excluding hydrogens is 174 g/mol. The Kier molecular flexibility index (Phi) is 3.42. The van der Waals surface area contributed by atoms with Crippen LogP contribution in [-0.2, 0) is 0 Å². The lowest BCUT2D eigenvalue weighted by atomic mass is 10.0. The van der Waals surface area contributed by atoms with E-state index in [-0.39, 0.29) is 0 Å².